The first-order valence-corrected chi connectivity index (χ1v) is 5.37. The number of aliphatic hydroxyl groups excluding tert-OH is 1. The molecule has 1 aromatic carbocycles. The van der Waals surface area contributed by atoms with Gasteiger partial charge in [-0.2, -0.15) is 5.10 Å². The summed E-state index contributed by atoms with van der Waals surface area (Å²) in [6, 6.07) is 9.10. The molecule has 4 N–H and O–H groups in total. The number of aliphatic hydroxyl groups is 1. The summed E-state index contributed by atoms with van der Waals surface area (Å²) < 4.78 is 5.47. The Bertz CT molecular complexity index is 740. The molecule has 0 amide bonds. The van der Waals surface area contributed by atoms with Crippen molar-refractivity contribution in [3.8, 4) is 11.3 Å². The number of nitrogens with one attached hydrogen (secondary N) is 1. The van der Waals surface area contributed by atoms with Crippen LogP contribution in [-0.4, -0.2) is 15.3 Å². The first kappa shape index (κ1) is 10.5. The lowest BCUT2D eigenvalue weighted by Crippen LogP contribution is -1.83. The lowest BCUT2D eigenvalue weighted by molar-refractivity contribution is 0.465. The number of benzene rings is 1. The third-order valence-electron chi connectivity index (χ3n) is 2.77. The zero-order valence-corrected chi connectivity index (χ0v) is 9.47. The van der Waals surface area contributed by atoms with Crippen molar-refractivity contribution in [1.29, 1.82) is 0 Å². The number of hydrogen-bond donors (Lipinski definition) is 3. The van der Waals surface area contributed by atoms with Gasteiger partial charge in [0.05, 0.1) is 5.52 Å². The van der Waals surface area contributed by atoms with Crippen LogP contribution in [0.3, 0.4) is 0 Å². The average Bonchev–Trinajstić information content (AvgIpc) is 2.96. The molecule has 0 aliphatic rings. The van der Waals surface area contributed by atoms with Crippen LogP contribution in [-0.2, 0) is 0 Å². The number of H-pyrrole nitrogens is 1. The fourth-order valence-corrected chi connectivity index (χ4v) is 1.84. The Labute approximate surface area is 103 Å². The highest BCUT2D eigenvalue weighted by Crippen LogP contribution is 2.28. The number of aromatic nitrogens is 2. The van der Waals surface area contributed by atoms with Crippen molar-refractivity contribution in [3.63, 3.8) is 0 Å². The van der Waals surface area contributed by atoms with Gasteiger partial charge in [0.15, 0.2) is 17.3 Å². The Hall–Kier alpha value is -2.69. The monoisotopic (exact) mass is 241 g/mol. The van der Waals surface area contributed by atoms with Crippen molar-refractivity contribution in [2.75, 3.05) is 5.73 Å². The number of hydrogen-bond acceptors (Lipinski definition) is 4. The van der Waals surface area contributed by atoms with Crippen LogP contribution in [0.4, 0.5) is 5.82 Å². The molecule has 2 heterocycles. The van der Waals surface area contributed by atoms with Crippen molar-refractivity contribution < 1.29 is 9.52 Å². The van der Waals surface area contributed by atoms with E-state index in [2.05, 4.69) is 16.8 Å². The highest BCUT2D eigenvalue weighted by molar-refractivity contribution is 5.91. The zero-order chi connectivity index (χ0) is 12.7. The number of furan rings is 1. The fourth-order valence-electron chi connectivity index (χ4n) is 1.84. The van der Waals surface area contributed by atoms with Gasteiger partial charge in [-0.05, 0) is 24.3 Å². The minimum atomic E-state index is -0.0897. The summed E-state index contributed by atoms with van der Waals surface area (Å²) in [7, 11) is 0. The van der Waals surface area contributed by atoms with Crippen LogP contribution >= 0.6 is 0 Å². The van der Waals surface area contributed by atoms with E-state index in [9.17, 15) is 5.11 Å². The second-order valence-corrected chi connectivity index (χ2v) is 3.98. The molecule has 0 unspecified atom stereocenters. The normalized spacial score (nSPS) is 10.9. The average molecular weight is 241 g/mol. The van der Waals surface area contributed by atoms with Gasteiger partial charge >= 0.3 is 0 Å². The molecular formula is C13H11N3O2. The van der Waals surface area contributed by atoms with Crippen molar-refractivity contribution in [1.82, 2.24) is 10.2 Å². The van der Waals surface area contributed by atoms with Crippen molar-refractivity contribution in [2.45, 2.75) is 0 Å². The molecule has 5 heteroatoms. The standard InChI is InChI=1S/C13H11N3O2/c1-7(17)11-4-5-12(18-11)8-2-3-9-10(6-8)15-16-13(9)14/h2-6,17H,1H2,(H3,14,15,16). The van der Waals surface area contributed by atoms with Crippen LogP contribution in [0.1, 0.15) is 5.76 Å². The summed E-state index contributed by atoms with van der Waals surface area (Å²) in [5, 5.41) is 16.9. The van der Waals surface area contributed by atoms with Crippen LogP contribution in [0, 0.1) is 0 Å². The Morgan fingerprint density at radius 2 is 2.17 bits per heavy atom. The van der Waals surface area contributed by atoms with Gasteiger partial charge < -0.3 is 15.3 Å². The molecule has 0 bridgehead atoms. The molecule has 18 heavy (non-hydrogen) atoms. The summed E-state index contributed by atoms with van der Waals surface area (Å²) in [4.78, 5) is 0. The Balaban J connectivity index is 2.10. The van der Waals surface area contributed by atoms with Gasteiger partial charge in [-0.1, -0.05) is 12.6 Å². The quantitative estimate of drug-likeness (QED) is 0.602. The Kier molecular flexibility index (Phi) is 2.13. The maximum Gasteiger partial charge on any atom is 0.168 e. The maximum atomic E-state index is 9.24. The molecule has 0 atom stereocenters. The summed E-state index contributed by atoms with van der Waals surface area (Å²) in [6.45, 7) is 3.41. The molecular weight excluding hydrogens is 230 g/mol. The van der Waals surface area contributed by atoms with Gasteiger partial charge in [0, 0.05) is 10.9 Å². The van der Waals surface area contributed by atoms with E-state index in [-0.39, 0.29) is 5.76 Å². The predicted molar refractivity (Wildman–Crippen MR) is 69.9 cm³/mol. The summed E-state index contributed by atoms with van der Waals surface area (Å²) in [5.41, 5.74) is 7.41. The van der Waals surface area contributed by atoms with E-state index < -0.39 is 0 Å². The molecule has 3 rings (SSSR count). The summed E-state index contributed by atoms with van der Waals surface area (Å²) >= 11 is 0. The van der Waals surface area contributed by atoms with Gasteiger partial charge in [0.25, 0.3) is 0 Å². The predicted octanol–water partition coefficient (Wildman–Crippen LogP) is 2.93. The number of aromatic amines is 1. The van der Waals surface area contributed by atoms with Crippen LogP contribution in [0.25, 0.3) is 28.0 Å². The van der Waals surface area contributed by atoms with Gasteiger partial charge in [-0.3, -0.25) is 5.10 Å². The Morgan fingerprint density at radius 3 is 2.89 bits per heavy atom. The highest BCUT2D eigenvalue weighted by atomic mass is 16.4. The van der Waals surface area contributed by atoms with E-state index >= 15 is 0 Å². The van der Waals surface area contributed by atoms with Gasteiger partial charge in [-0.15, -0.1) is 0 Å². The summed E-state index contributed by atoms with van der Waals surface area (Å²) in [5.74, 6) is 1.39. The SMILES string of the molecule is C=C(O)c1ccc(-c2ccc3c(N)n[nH]c3c2)o1. The molecule has 0 saturated heterocycles. The number of nitrogens with two attached hydrogens (primary N) is 1. The molecule has 0 spiro atoms. The lowest BCUT2D eigenvalue weighted by Gasteiger charge is -1.97. The molecule has 0 aliphatic carbocycles. The lowest BCUT2D eigenvalue weighted by atomic mass is 10.1. The van der Waals surface area contributed by atoms with Crippen LogP contribution < -0.4 is 5.73 Å². The molecule has 5 nitrogen and oxygen atoms in total. The zero-order valence-electron chi connectivity index (χ0n) is 9.47. The number of nitrogen functional groups attached to an aromatic ring is 1. The molecule has 90 valence electrons. The molecule has 0 saturated carbocycles. The van der Waals surface area contributed by atoms with Crippen molar-refractivity contribution in [2.24, 2.45) is 0 Å². The minimum Gasteiger partial charge on any atom is -0.505 e. The second kappa shape index (κ2) is 3.66. The first-order chi connectivity index (χ1) is 8.65. The smallest absolute Gasteiger partial charge is 0.168 e. The topological polar surface area (TPSA) is 88.1 Å². The number of nitrogens with zero attached hydrogens (tertiary/aromatic N) is 1. The van der Waals surface area contributed by atoms with E-state index in [0.717, 1.165) is 16.5 Å². The first-order valence-electron chi connectivity index (χ1n) is 5.37. The number of fused-ring (bicyclic) bond motifs is 1. The third-order valence-corrected chi connectivity index (χ3v) is 2.77. The van der Waals surface area contributed by atoms with Gasteiger partial charge in [-0.25, -0.2) is 0 Å². The third kappa shape index (κ3) is 1.53. The largest absolute Gasteiger partial charge is 0.505 e. The molecule has 3 aromatic rings. The van der Waals surface area contributed by atoms with E-state index in [1.165, 1.54) is 0 Å². The minimum absolute atomic E-state index is 0.0897. The van der Waals surface area contributed by atoms with Gasteiger partial charge in [0.1, 0.15) is 5.76 Å². The Morgan fingerprint density at radius 1 is 1.33 bits per heavy atom. The van der Waals surface area contributed by atoms with Crippen LogP contribution in [0.15, 0.2) is 41.3 Å². The second-order valence-electron chi connectivity index (χ2n) is 3.98. The van der Waals surface area contributed by atoms with E-state index in [4.69, 9.17) is 10.2 Å². The number of rotatable bonds is 2. The highest BCUT2D eigenvalue weighted by Gasteiger charge is 2.09. The van der Waals surface area contributed by atoms with Crippen LogP contribution in [0.5, 0.6) is 0 Å². The summed E-state index contributed by atoms with van der Waals surface area (Å²) in [6.07, 6.45) is 0. The number of anilines is 1. The fraction of sp³-hybridized carbons (Fsp3) is 0. The van der Waals surface area contributed by atoms with E-state index in [1.54, 1.807) is 12.1 Å². The van der Waals surface area contributed by atoms with Crippen LogP contribution in [0.2, 0.25) is 0 Å². The molecule has 2 aromatic heterocycles. The van der Waals surface area contributed by atoms with Crippen molar-refractivity contribution >= 4 is 22.5 Å². The van der Waals surface area contributed by atoms with Crippen molar-refractivity contribution in [3.05, 3.63) is 42.7 Å². The molecule has 0 fully saturated rings. The van der Waals surface area contributed by atoms with Gasteiger partial charge in [0.2, 0.25) is 0 Å². The molecule has 0 radical (unpaired) electrons. The molecule has 0 aliphatic heterocycles. The van der Waals surface area contributed by atoms with E-state index in [0.29, 0.717) is 17.3 Å². The van der Waals surface area contributed by atoms with E-state index in [1.807, 2.05) is 18.2 Å². The maximum absolute atomic E-state index is 9.24.